The van der Waals surface area contributed by atoms with Gasteiger partial charge in [-0.25, -0.2) is 4.98 Å². The highest BCUT2D eigenvalue weighted by Crippen LogP contribution is 2.23. The van der Waals surface area contributed by atoms with E-state index in [1.165, 1.54) is 6.08 Å². The lowest BCUT2D eigenvalue weighted by Crippen LogP contribution is -2.07. The molecule has 5 nitrogen and oxygen atoms in total. The van der Waals surface area contributed by atoms with Gasteiger partial charge in [-0.1, -0.05) is 24.3 Å². The first-order valence-corrected chi connectivity index (χ1v) is 8.88. The standard InChI is InChI=1S/C23H19N3O2/c1-28-21-7-3-6-20(14-21)26-22(27)9-8-16-4-2-5-17(12-16)19-13-18-10-11-24-23(18)25-15-19/h2-15H,1H3,(H,24,25)(H,26,27). The molecule has 0 saturated heterocycles. The first-order valence-electron chi connectivity index (χ1n) is 8.88. The number of carbonyl (C=O) groups excluding carboxylic acids is 1. The van der Waals surface area contributed by atoms with Gasteiger partial charge in [0.2, 0.25) is 5.91 Å². The number of hydrogen-bond acceptors (Lipinski definition) is 3. The summed E-state index contributed by atoms with van der Waals surface area (Å²) in [5.74, 6) is 0.497. The molecule has 0 spiro atoms. The van der Waals surface area contributed by atoms with E-state index in [-0.39, 0.29) is 5.91 Å². The van der Waals surface area contributed by atoms with Gasteiger partial charge in [-0.05, 0) is 47.5 Å². The van der Waals surface area contributed by atoms with Crippen LogP contribution >= 0.6 is 0 Å². The predicted octanol–water partition coefficient (Wildman–Crippen LogP) is 4.89. The van der Waals surface area contributed by atoms with Gasteiger partial charge in [0.25, 0.3) is 0 Å². The molecule has 0 aliphatic heterocycles. The molecule has 4 aromatic rings. The molecule has 0 unspecified atom stereocenters. The summed E-state index contributed by atoms with van der Waals surface area (Å²) < 4.78 is 5.17. The third kappa shape index (κ3) is 3.94. The number of rotatable bonds is 5. The number of nitrogens with one attached hydrogen (secondary N) is 2. The van der Waals surface area contributed by atoms with Crippen LogP contribution in [-0.4, -0.2) is 23.0 Å². The van der Waals surface area contributed by atoms with Gasteiger partial charge >= 0.3 is 0 Å². The lowest BCUT2D eigenvalue weighted by Gasteiger charge is -2.05. The number of anilines is 1. The molecular weight excluding hydrogens is 350 g/mol. The van der Waals surface area contributed by atoms with Gasteiger partial charge in [-0.15, -0.1) is 0 Å². The number of aromatic amines is 1. The highest BCUT2D eigenvalue weighted by Gasteiger charge is 2.03. The molecule has 4 rings (SSSR count). The molecule has 0 fully saturated rings. The molecule has 2 heterocycles. The predicted molar refractivity (Wildman–Crippen MR) is 112 cm³/mol. The maximum atomic E-state index is 12.2. The van der Waals surface area contributed by atoms with E-state index in [0.717, 1.165) is 27.7 Å². The molecule has 0 aliphatic carbocycles. The summed E-state index contributed by atoms with van der Waals surface area (Å²) >= 11 is 0. The minimum Gasteiger partial charge on any atom is -0.497 e. The summed E-state index contributed by atoms with van der Waals surface area (Å²) in [5, 5.41) is 3.90. The highest BCUT2D eigenvalue weighted by molar-refractivity contribution is 6.02. The van der Waals surface area contributed by atoms with E-state index in [1.54, 1.807) is 19.3 Å². The van der Waals surface area contributed by atoms with Gasteiger partial charge in [-0.2, -0.15) is 0 Å². The third-order valence-corrected chi connectivity index (χ3v) is 4.38. The normalized spacial score (nSPS) is 11.0. The Labute approximate surface area is 162 Å². The summed E-state index contributed by atoms with van der Waals surface area (Å²) in [7, 11) is 1.59. The molecule has 0 atom stereocenters. The lowest BCUT2D eigenvalue weighted by atomic mass is 10.0. The van der Waals surface area contributed by atoms with Crippen LogP contribution in [0.4, 0.5) is 5.69 Å². The summed E-state index contributed by atoms with van der Waals surface area (Å²) in [6, 6.07) is 19.3. The Hall–Kier alpha value is -3.86. The van der Waals surface area contributed by atoms with Crippen molar-refractivity contribution in [3.05, 3.63) is 84.7 Å². The van der Waals surface area contributed by atoms with Crippen LogP contribution in [0.5, 0.6) is 5.75 Å². The van der Waals surface area contributed by atoms with Crippen molar-refractivity contribution >= 4 is 28.7 Å². The van der Waals surface area contributed by atoms with Crippen LogP contribution in [0.3, 0.4) is 0 Å². The van der Waals surface area contributed by atoms with E-state index in [1.807, 2.05) is 60.9 Å². The number of aromatic nitrogens is 2. The van der Waals surface area contributed by atoms with Crippen molar-refractivity contribution in [2.75, 3.05) is 12.4 Å². The number of ether oxygens (including phenoxy) is 1. The number of pyridine rings is 1. The minimum absolute atomic E-state index is 0.200. The molecule has 2 aromatic carbocycles. The zero-order chi connectivity index (χ0) is 19.3. The highest BCUT2D eigenvalue weighted by atomic mass is 16.5. The van der Waals surface area contributed by atoms with Gasteiger partial charge in [0.15, 0.2) is 0 Å². The fourth-order valence-corrected chi connectivity index (χ4v) is 2.98. The molecule has 5 heteroatoms. The SMILES string of the molecule is COc1cccc(NC(=O)C=Cc2cccc(-c3cnc4[nH]ccc4c3)c2)c1. The number of H-pyrrole nitrogens is 1. The van der Waals surface area contributed by atoms with Crippen molar-refractivity contribution in [3.63, 3.8) is 0 Å². The first kappa shape index (κ1) is 17.5. The van der Waals surface area contributed by atoms with Gasteiger partial charge in [0.1, 0.15) is 11.4 Å². The Morgan fingerprint density at radius 2 is 1.96 bits per heavy atom. The monoisotopic (exact) mass is 369 g/mol. The molecule has 2 aromatic heterocycles. The second kappa shape index (κ2) is 7.80. The summed E-state index contributed by atoms with van der Waals surface area (Å²) in [6.07, 6.45) is 7.03. The first-order chi connectivity index (χ1) is 13.7. The van der Waals surface area contributed by atoms with E-state index in [9.17, 15) is 4.79 Å². The Balaban J connectivity index is 1.50. The Morgan fingerprint density at radius 1 is 1.07 bits per heavy atom. The van der Waals surface area contributed by atoms with E-state index in [4.69, 9.17) is 4.74 Å². The number of fused-ring (bicyclic) bond motifs is 1. The molecule has 0 aliphatic rings. The van der Waals surface area contributed by atoms with E-state index in [0.29, 0.717) is 11.4 Å². The largest absolute Gasteiger partial charge is 0.497 e. The fourth-order valence-electron chi connectivity index (χ4n) is 2.98. The number of nitrogens with zero attached hydrogens (tertiary/aromatic N) is 1. The van der Waals surface area contributed by atoms with Crippen LogP contribution in [0, 0.1) is 0 Å². The maximum absolute atomic E-state index is 12.2. The fraction of sp³-hybridized carbons (Fsp3) is 0.0435. The van der Waals surface area contributed by atoms with Crippen molar-refractivity contribution in [1.29, 1.82) is 0 Å². The van der Waals surface area contributed by atoms with Crippen molar-refractivity contribution in [3.8, 4) is 16.9 Å². The zero-order valence-corrected chi connectivity index (χ0v) is 15.3. The van der Waals surface area contributed by atoms with Crippen LogP contribution in [0.15, 0.2) is 79.1 Å². The average Bonchev–Trinajstić information content (AvgIpc) is 3.20. The van der Waals surface area contributed by atoms with Crippen LogP contribution in [-0.2, 0) is 4.79 Å². The van der Waals surface area contributed by atoms with Crippen molar-refractivity contribution in [1.82, 2.24) is 9.97 Å². The third-order valence-electron chi connectivity index (χ3n) is 4.38. The van der Waals surface area contributed by atoms with Gasteiger partial charge in [-0.3, -0.25) is 4.79 Å². The maximum Gasteiger partial charge on any atom is 0.248 e. The Bertz CT molecular complexity index is 1160. The number of hydrogen-bond donors (Lipinski definition) is 2. The lowest BCUT2D eigenvalue weighted by molar-refractivity contribution is -0.111. The van der Waals surface area contributed by atoms with Crippen LogP contribution in [0.1, 0.15) is 5.56 Å². The van der Waals surface area contributed by atoms with Gasteiger partial charge in [0, 0.05) is 41.2 Å². The van der Waals surface area contributed by atoms with Crippen molar-refractivity contribution < 1.29 is 9.53 Å². The second-order valence-electron chi connectivity index (χ2n) is 6.32. The van der Waals surface area contributed by atoms with Crippen LogP contribution < -0.4 is 10.1 Å². The Morgan fingerprint density at radius 3 is 2.86 bits per heavy atom. The number of methoxy groups -OCH3 is 1. The van der Waals surface area contributed by atoms with Crippen LogP contribution in [0.25, 0.3) is 28.2 Å². The second-order valence-corrected chi connectivity index (χ2v) is 6.32. The average molecular weight is 369 g/mol. The summed E-state index contributed by atoms with van der Waals surface area (Å²) in [6.45, 7) is 0. The number of benzene rings is 2. The van der Waals surface area contributed by atoms with E-state index < -0.39 is 0 Å². The van der Waals surface area contributed by atoms with Crippen molar-refractivity contribution in [2.24, 2.45) is 0 Å². The zero-order valence-electron chi connectivity index (χ0n) is 15.3. The molecular formula is C23H19N3O2. The molecule has 138 valence electrons. The van der Waals surface area contributed by atoms with E-state index in [2.05, 4.69) is 21.4 Å². The van der Waals surface area contributed by atoms with Crippen LogP contribution in [0.2, 0.25) is 0 Å². The quantitative estimate of drug-likeness (QED) is 0.492. The number of carbonyl (C=O) groups is 1. The summed E-state index contributed by atoms with van der Waals surface area (Å²) in [5.41, 5.74) is 4.57. The topological polar surface area (TPSA) is 67.0 Å². The number of amides is 1. The molecule has 1 amide bonds. The Kier molecular flexibility index (Phi) is 4.89. The smallest absolute Gasteiger partial charge is 0.248 e. The van der Waals surface area contributed by atoms with Gasteiger partial charge < -0.3 is 15.0 Å². The summed E-state index contributed by atoms with van der Waals surface area (Å²) in [4.78, 5) is 19.7. The molecule has 0 radical (unpaired) electrons. The minimum atomic E-state index is -0.200. The molecule has 0 saturated carbocycles. The van der Waals surface area contributed by atoms with E-state index >= 15 is 0 Å². The van der Waals surface area contributed by atoms with Gasteiger partial charge in [0.05, 0.1) is 7.11 Å². The van der Waals surface area contributed by atoms with Crippen molar-refractivity contribution in [2.45, 2.75) is 0 Å². The molecule has 28 heavy (non-hydrogen) atoms. The molecule has 2 N–H and O–H groups in total. The molecule has 0 bridgehead atoms.